The van der Waals surface area contributed by atoms with E-state index in [0.717, 1.165) is 17.9 Å². The molecule has 2 aliphatic heterocycles. The zero-order chi connectivity index (χ0) is 15.0. The van der Waals surface area contributed by atoms with Crippen molar-refractivity contribution in [2.24, 2.45) is 23.7 Å². The first-order chi connectivity index (χ1) is 10.7. The second-order valence-electron chi connectivity index (χ2n) is 6.78. The fourth-order valence-electron chi connectivity index (χ4n) is 5.20. The minimum atomic E-state index is -0.456. The maximum absolute atomic E-state index is 12.9. The number of aliphatic hydroxyl groups is 1. The monoisotopic (exact) mass is 301 g/mol. The topological polar surface area (TPSA) is 59.0 Å². The summed E-state index contributed by atoms with van der Waals surface area (Å²) >= 11 is 0. The largest absolute Gasteiger partial charge is 0.494 e. The second kappa shape index (κ2) is 4.24. The highest BCUT2D eigenvalue weighted by Gasteiger charge is 2.72. The van der Waals surface area contributed by atoms with Gasteiger partial charge in [0.25, 0.3) is 0 Å². The van der Waals surface area contributed by atoms with E-state index in [1.165, 1.54) is 0 Å². The molecule has 5 nitrogen and oxygen atoms in total. The average molecular weight is 301 g/mol. The summed E-state index contributed by atoms with van der Waals surface area (Å²) in [7, 11) is 0. The lowest BCUT2D eigenvalue weighted by molar-refractivity contribution is -0.128. The third-order valence-corrected chi connectivity index (χ3v) is 5.94. The summed E-state index contributed by atoms with van der Waals surface area (Å²) in [5.74, 6) is 1.56. The third-order valence-electron chi connectivity index (χ3n) is 5.94. The van der Waals surface area contributed by atoms with Crippen LogP contribution in [0.1, 0.15) is 13.3 Å². The number of hydrogen-bond donors (Lipinski definition) is 1. The maximum atomic E-state index is 12.9. The third kappa shape index (κ3) is 1.39. The number of anilines is 1. The summed E-state index contributed by atoms with van der Waals surface area (Å²) in [5, 5.41) is 10.3. The van der Waals surface area contributed by atoms with Crippen LogP contribution in [-0.2, 0) is 9.53 Å². The van der Waals surface area contributed by atoms with Crippen LogP contribution in [0.5, 0.6) is 5.75 Å². The number of ether oxygens (including phenoxy) is 2. The molecule has 4 aliphatic rings. The van der Waals surface area contributed by atoms with Crippen molar-refractivity contribution in [3.8, 4) is 5.75 Å². The van der Waals surface area contributed by atoms with E-state index >= 15 is 0 Å². The Morgan fingerprint density at radius 1 is 1.32 bits per heavy atom. The molecule has 116 valence electrons. The predicted octanol–water partition coefficient (Wildman–Crippen LogP) is 1.40. The molecule has 1 aromatic carbocycles. The number of fused-ring (bicyclic) bond motifs is 2. The lowest BCUT2D eigenvalue weighted by atomic mass is 9.80. The molecule has 2 heterocycles. The average Bonchev–Trinajstić information content (AvgIpc) is 3.18. The van der Waals surface area contributed by atoms with Gasteiger partial charge in [-0.05, 0) is 49.4 Å². The lowest BCUT2D eigenvalue weighted by Gasteiger charge is -2.30. The molecule has 2 saturated heterocycles. The quantitative estimate of drug-likeness (QED) is 0.917. The Morgan fingerprint density at radius 2 is 2.09 bits per heavy atom. The molecule has 1 N–H and O–H groups in total. The summed E-state index contributed by atoms with van der Waals surface area (Å²) < 4.78 is 11.5. The molecule has 22 heavy (non-hydrogen) atoms. The molecule has 1 amide bonds. The van der Waals surface area contributed by atoms with E-state index < -0.39 is 6.10 Å². The van der Waals surface area contributed by atoms with E-state index in [1.54, 1.807) is 4.90 Å². The summed E-state index contributed by atoms with van der Waals surface area (Å²) in [4.78, 5) is 14.7. The van der Waals surface area contributed by atoms with E-state index in [1.807, 2.05) is 31.2 Å². The Kier molecular flexibility index (Phi) is 2.48. The van der Waals surface area contributed by atoms with Crippen LogP contribution >= 0.6 is 0 Å². The molecule has 4 fully saturated rings. The first-order valence-corrected chi connectivity index (χ1v) is 8.10. The molecular formula is C17H19NO4. The SMILES string of the molecule is CCOc1ccc(N2C(=O)C3C4CC5C(OC2C53)C4O)cc1. The molecule has 7 unspecified atom stereocenters. The van der Waals surface area contributed by atoms with E-state index in [2.05, 4.69) is 0 Å². The van der Waals surface area contributed by atoms with Gasteiger partial charge in [-0.1, -0.05) is 0 Å². The number of carbonyl (C=O) groups excluding carboxylic acids is 1. The van der Waals surface area contributed by atoms with Crippen molar-refractivity contribution in [3.05, 3.63) is 24.3 Å². The Bertz CT molecular complexity index is 630. The first kappa shape index (κ1) is 12.9. The fraction of sp³-hybridized carbons (Fsp3) is 0.588. The van der Waals surface area contributed by atoms with Gasteiger partial charge in [0, 0.05) is 11.6 Å². The molecule has 0 spiro atoms. The van der Waals surface area contributed by atoms with Gasteiger partial charge in [-0.3, -0.25) is 9.69 Å². The number of carbonyl (C=O) groups is 1. The fourth-order valence-corrected chi connectivity index (χ4v) is 5.20. The van der Waals surface area contributed by atoms with Crippen LogP contribution in [0.2, 0.25) is 0 Å². The lowest BCUT2D eigenvalue weighted by Crippen LogP contribution is -2.43. The molecule has 2 aliphatic carbocycles. The minimum absolute atomic E-state index is 0.0599. The molecule has 5 rings (SSSR count). The Hall–Kier alpha value is -1.59. The smallest absolute Gasteiger partial charge is 0.233 e. The maximum Gasteiger partial charge on any atom is 0.233 e. The van der Waals surface area contributed by atoms with E-state index in [0.29, 0.717) is 12.5 Å². The van der Waals surface area contributed by atoms with Gasteiger partial charge in [0.2, 0.25) is 5.91 Å². The standard InChI is InChI=1S/C17H19NO4/c1-2-21-9-5-3-8(4-6-9)18-16(20)12-10-7-11-13(12)17(18)22-15(11)14(10)19/h3-6,10-15,17,19H,2,7H2,1H3. The number of amides is 1. The van der Waals surface area contributed by atoms with Crippen molar-refractivity contribution in [2.75, 3.05) is 11.5 Å². The van der Waals surface area contributed by atoms with Crippen molar-refractivity contribution in [2.45, 2.75) is 31.8 Å². The number of rotatable bonds is 3. The van der Waals surface area contributed by atoms with Gasteiger partial charge < -0.3 is 14.6 Å². The molecule has 1 aromatic rings. The van der Waals surface area contributed by atoms with Gasteiger partial charge in [0.05, 0.1) is 24.7 Å². The van der Waals surface area contributed by atoms with Crippen molar-refractivity contribution >= 4 is 11.6 Å². The number of benzene rings is 1. The van der Waals surface area contributed by atoms with E-state index in [-0.39, 0.29) is 36.0 Å². The first-order valence-electron chi connectivity index (χ1n) is 8.10. The van der Waals surface area contributed by atoms with Gasteiger partial charge in [0.15, 0.2) is 0 Å². The number of aliphatic hydroxyl groups excluding tert-OH is 1. The summed E-state index contributed by atoms with van der Waals surface area (Å²) in [6, 6.07) is 7.62. The van der Waals surface area contributed by atoms with Crippen LogP contribution in [0.25, 0.3) is 0 Å². The number of hydrogen-bond acceptors (Lipinski definition) is 4. The molecule has 0 aromatic heterocycles. The highest BCUT2D eigenvalue weighted by atomic mass is 16.5. The van der Waals surface area contributed by atoms with Crippen LogP contribution in [0.4, 0.5) is 5.69 Å². The van der Waals surface area contributed by atoms with Crippen molar-refractivity contribution in [3.63, 3.8) is 0 Å². The molecule has 5 heteroatoms. The van der Waals surface area contributed by atoms with Crippen LogP contribution < -0.4 is 9.64 Å². The summed E-state index contributed by atoms with van der Waals surface area (Å²) in [6.45, 7) is 2.57. The molecular weight excluding hydrogens is 282 g/mol. The zero-order valence-corrected chi connectivity index (χ0v) is 12.4. The van der Waals surface area contributed by atoms with Crippen molar-refractivity contribution in [1.29, 1.82) is 0 Å². The number of nitrogens with zero attached hydrogens (tertiary/aromatic N) is 1. The van der Waals surface area contributed by atoms with Crippen molar-refractivity contribution < 1.29 is 19.4 Å². The van der Waals surface area contributed by atoms with E-state index in [4.69, 9.17) is 9.47 Å². The Balaban J connectivity index is 1.49. The Labute approximate surface area is 128 Å². The van der Waals surface area contributed by atoms with Gasteiger partial charge in [0.1, 0.15) is 12.0 Å². The molecule has 2 saturated carbocycles. The Morgan fingerprint density at radius 3 is 2.82 bits per heavy atom. The van der Waals surface area contributed by atoms with Crippen LogP contribution in [0.3, 0.4) is 0 Å². The van der Waals surface area contributed by atoms with Crippen molar-refractivity contribution in [1.82, 2.24) is 0 Å². The van der Waals surface area contributed by atoms with Gasteiger partial charge in [-0.25, -0.2) is 0 Å². The van der Waals surface area contributed by atoms with Gasteiger partial charge >= 0.3 is 0 Å². The summed E-state index contributed by atoms with van der Waals surface area (Å²) in [6.07, 6.45) is 0.213. The highest BCUT2D eigenvalue weighted by Crippen LogP contribution is 2.63. The molecule has 2 bridgehead atoms. The van der Waals surface area contributed by atoms with Crippen LogP contribution in [0, 0.1) is 23.7 Å². The zero-order valence-electron chi connectivity index (χ0n) is 12.4. The van der Waals surface area contributed by atoms with E-state index in [9.17, 15) is 9.90 Å². The minimum Gasteiger partial charge on any atom is -0.494 e. The van der Waals surface area contributed by atoms with Crippen LogP contribution in [-0.4, -0.2) is 36.1 Å². The normalized spacial score (nSPS) is 44.2. The predicted molar refractivity (Wildman–Crippen MR) is 78.3 cm³/mol. The van der Waals surface area contributed by atoms with Crippen LogP contribution in [0.15, 0.2) is 24.3 Å². The summed E-state index contributed by atoms with van der Waals surface area (Å²) in [5.41, 5.74) is 0.863. The van der Waals surface area contributed by atoms with Gasteiger partial charge in [-0.2, -0.15) is 0 Å². The molecule has 7 atom stereocenters. The highest BCUT2D eigenvalue weighted by molar-refractivity contribution is 5.99. The second-order valence-corrected chi connectivity index (χ2v) is 6.78. The van der Waals surface area contributed by atoms with Gasteiger partial charge in [-0.15, -0.1) is 0 Å². The molecule has 0 radical (unpaired) electrons.